The molecule has 1 spiro atoms. The molecule has 1 aromatic carbocycles. The number of para-hydroxylation sites is 1. The van der Waals surface area contributed by atoms with Gasteiger partial charge in [0, 0.05) is 75.6 Å². The Bertz CT molecular complexity index is 1890. The Balaban J connectivity index is 0.875. The molecule has 2 saturated heterocycles. The molecule has 4 aliphatic heterocycles. The van der Waals surface area contributed by atoms with Crippen molar-refractivity contribution >= 4 is 46.2 Å². The Kier molecular flexibility index (Phi) is 9.40. The first-order valence-electron chi connectivity index (χ1n) is 19.2. The number of aromatic nitrogens is 3. The van der Waals surface area contributed by atoms with E-state index in [1.807, 2.05) is 17.9 Å². The zero-order valence-electron chi connectivity index (χ0n) is 30.8. The molecule has 3 N–H and O–H groups in total. The minimum absolute atomic E-state index is 0.0447. The highest BCUT2D eigenvalue weighted by Gasteiger charge is 2.39. The standard InChI is InChI=1S/C40H52N10O2/c1-27-24-28-25-43-39(45-37(28)50(27)29-8-4-5-9-29)44-34-14-13-30(26-42-34)48-19-15-40(16-20-48)17-21-49(22-18-40)33-12-6-10-31-35(46-47(3)36(31)33)32(11-7-23-51)38(52)41-2/h6,10,12-14,23-26,29,32,37H,4-5,7-9,11,15-22H2,1-3H3,(H,41,52)(H2,42,43,44,45). The molecule has 3 fully saturated rings. The predicted octanol–water partition coefficient (Wildman–Crippen LogP) is 5.41. The van der Waals surface area contributed by atoms with Crippen LogP contribution in [0.25, 0.3) is 10.9 Å². The molecule has 1 saturated carbocycles. The van der Waals surface area contributed by atoms with Crippen molar-refractivity contribution in [2.45, 2.75) is 89.3 Å². The fourth-order valence-corrected chi connectivity index (χ4v) is 9.43. The summed E-state index contributed by atoms with van der Waals surface area (Å²) < 4.78 is 1.92. The number of carbonyl (C=O) groups is 2. The fourth-order valence-electron chi connectivity index (χ4n) is 9.43. The Labute approximate surface area is 306 Å². The number of nitrogens with zero attached hydrogens (tertiary/aromatic N) is 7. The Morgan fingerprint density at radius 1 is 1.06 bits per heavy atom. The maximum absolute atomic E-state index is 12.8. The van der Waals surface area contributed by atoms with E-state index in [-0.39, 0.29) is 12.1 Å². The smallest absolute Gasteiger partial charge is 0.228 e. The van der Waals surface area contributed by atoms with Crippen molar-refractivity contribution < 1.29 is 9.59 Å². The number of hydrogen-bond donors (Lipinski definition) is 3. The van der Waals surface area contributed by atoms with Crippen molar-refractivity contribution in [2.75, 3.05) is 48.3 Å². The van der Waals surface area contributed by atoms with E-state index in [0.29, 0.717) is 24.3 Å². The van der Waals surface area contributed by atoms with Gasteiger partial charge in [0.2, 0.25) is 11.9 Å². The lowest BCUT2D eigenvalue weighted by atomic mass is 9.71. The molecule has 8 rings (SSSR count). The van der Waals surface area contributed by atoms with Crippen molar-refractivity contribution in [1.29, 1.82) is 0 Å². The summed E-state index contributed by atoms with van der Waals surface area (Å²) in [6.07, 6.45) is 17.8. The molecule has 0 bridgehead atoms. The van der Waals surface area contributed by atoms with Crippen LogP contribution in [0.1, 0.15) is 82.7 Å². The maximum Gasteiger partial charge on any atom is 0.228 e. The molecule has 3 aromatic rings. The molecule has 274 valence electrons. The highest BCUT2D eigenvalue weighted by molar-refractivity contribution is 5.97. The number of hydrogen-bond acceptors (Lipinski definition) is 10. The average Bonchev–Trinajstić information content (AvgIpc) is 3.90. The maximum atomic E-state index is 12.8. The van der Waals surface area contributed by atoms with Crippen LogP contribution in [0.15, 0.2) is 65.1 Å². The number of rotatable bonds is 9. The van der Waals surface area contributed by atoms with Crippen LogP contribution in [-0.4, -0.2) is 83.3 Å². The van der Waals surface area contributed by atoms with Gasteiger partial charge in [-0.05, 0) is 81.6 Å². The molecule has 12 nitrogen and oxygen atoms in total. The highest BCUT2D eigenvalue weighted by Crippen LogP contribution is 2.44. The Hall–Kier alpha value is -4.87. The number of fused-ring (bicyclic) bond motifs is 2. The van der Waals surface area contributed by atoms with E-state index in [1.165, 1.54) is 61.2 Å². The van der Waals surface area contributed by atoms with Gasteiger partial charge in [0.25, 0.3) is 0 Å². The molecule has 2 aromatic heterocycles. The number of aryl methyl sites for hydroxylation is 1. The molecule has 2 atom stereocenters. The van der Waals surface area contributed by atoms with Crippen LogP contribution in [0.2, 0.25) is 0 Å². The second kappa shape index (κ2) is 14.3. The van der Waals surface area contributed by atoms with Gasteiger partial charge in [-0.25, -0.2) is 9.98 Å². The Morgan fingerprint density at radius 2 is 1.81 bits per heavy atom. The first-order chi connectivity index (χ1) is 25.4. The van der Waals surface area contributed by atoms with E-state index in [1.54, 1.807) is 7.05 Å². The quantitative estimate of drug-likeness (QED) is 0.251. The highest BCUT2D eigenvalue weighted by atomic mass is 16.1. The summed E-state index contributed by atoms with van der Waals surface area (Å²) in [7, 11) is 3.60. The monoisotopic (exact) mass is 704 g/mol. The number of amides is 1. The SMILES string of the molecule is CNC(=O)C(CCC=O)c1nn(C)c2c(N3CCC4(CCN(c5ccc(NC6=NC7C(=CN6)C=C(C)N7C6CCCC6)nc5)CC4)CC3)cccc12. The zero-order valence-corrected chi connectivity index (χ0v) is 30.8. The summed E-state index contributed by atoms with van der Waals surface area (Å²) in [5.74, 6) is 0.979. The third kappa shape index (κ3) is 6.41. The zero-order chi connectivity index (χ0) is 35.8. The number of benzene rings is 1. The molecule has 1 aliphatic carbocycles. The van der Waals surface area contributed by atoms with Crippen molar-refractivity contribution in [3.05, 3.63) is 65.8 Å². The van der Waals surface area contributed by atoms with E-state index in [2.05, 4.69) is 80.2 Å². The summed E-state index contributed by atoms with van der Waals surface area (Å²) in [6, 6.07) is 11.1. The van der Waals surface area contributed by atoms with Gasteiger partial charge in [-0.2, -0.15) is 5.10 Å². The number of anilines is 3. The number of piperidine rings is 2. The minimum Gasteiger partial charge on any atom is -0.370 e. The first-order valence-corrected chi connectivity index (χ1v) is 19.2. The van der Waals surface area contributed by atoms with E-state index < -0.39 is 5.92 Å². The topological polar surface area (TPSA) is 123 Å². The fraction of sp³-hybridized carbons (Fsp3) is 0.525. The van der Waals surface area contributed by atoms with E-state index in [9.17, 15) is 9.59 Å². The second-order valence-corrected chi connectivity index (χ2v) is 15.4. The number of likely N-dealkylation sites (N-methyl/N-ethyl adjacent to an activating group) is 1. The normalized spacial score (nSPS) is 22.1. The van der Waals surface area contributed by atoms with E-state index >= 15 is 0 Å². The van der Waals surface area contributed by atoms with Gasteiger partial charge in [0.15, 0.2) is 6.17 Å². The Morgan fingerprint density at radius 3 is 2.50 bits per heavy atom. The molecule has 12 heteroatoms. The predicted molar refractivity (Wildman–Crippen MR) is 206 cm³/mol. The van der Waals surface area contributed by atoms with Crippen LogP contribution in [0.4, 0.5) is 17.2 Å². The largest absolute Gasteiger partial charge is 0.370 e. The summed E-state index contributed by atoms with van der Waals surface area (Å²) in [5.41, 5.74) is 7.03. The van der Waals surface area contributed by atoms with Crippen LogP contribution in [0.5, 0.6) is 0 Å². The average molecular weight is 705 g/mol. The third-order valence-corrected chi connectivity index (χ3v) is 12.4. The van der Waals surface area contributed by atoms with Gasteiger partial charge >= 0.3 is 0 Å². The lowest BCUT2D eigenvalue weighted by Crippen LogP contribution is -2.47. The van der Waals surface area contributed by atoms with Crippen molar-refractivity contribution in [2.24, 2.45) is 17.5 Å². The van der Waals surface area contributed by atoms with Crippen molar-refractivity contribution in [1.82, 2.24) is 30.3 Å². The van der Waals surface area contributed by atoms with Crippen molar-refractivity contribution in [3.8, 4) is 0 Å². The molecule has 1 amide bonds. The van der Waals surface area contributed by atoms with Crippen molar-refractivity contribution in [3.63, 3.8) is 0 Å². The van der Waals surface area contributed by atoms with Crippen LogP contribution >= 0.6 is 0 Å². The summed E-state index contributed by atoms with van der Waals surface area (Å²) in [6.45, 7) is 6.26. The summed E-state index contributed by atoms with van der Waals surface area (Å²) in [4.78, 5) is 41.3. The van der Waals surface area contributed by atoms with Gasteiger partial charge in [0.1, 0.15) is 12.1 Å². The third-order valence-electron chi connectivity index (χ3n) is 12.4. The molecule has 52 heavy (non-hydrogen) atoms. The molecule has 6 heterocycles. The van der Waals surface area contributed by atoms with Crippen LogP contribution in [-0.2, 0) is 16.6 Å². The molecular formula is C40H52N10O2. The number of guanidine groups is 1. The summed E-state index contributed by atoms with van der Waals surface area (Å²) >= 11 is 0. The number of nitrogens with one attached hydrogen (secondary N) is 3. The first kappa shape index (κ1) is 34.2. The lowest BCUT2D eigenvalue weighted by molar-refractivity contribution is -0.122. The molecule has 5 aliphatic rings. The number of carbonyl (C=O) groups excluding carboxylic acids is 2. The van der Waals surface area contributed by atoms with Gasteiger partial charge in [0.05, 0.1) is 34.7 Å². The van der Waals surface area contributed by atoms with E-state index in [0.717, 1.165) is 73.7 Å². The number of allylic oxidation sites excluding steroid dienone is 1. The molecular weight excluding hydrogens is 653 g/mol. The minimum atomic E-state index is -0.456. The second-order valence-electron chi connectivity index (χ2n) is 15.4. The number of aliphatic imine (C=N–C) groups is 1. The van der Waals surface area contributed by atoms with Gasteiger partial charge < -0.3 is 35.4 Å². The van der Waals surface area contributed by atoms with Crippen LogP contribution in [0, 0.1) is 5.41 Å². The molecule has 0 radical (unpaired) electrons. The van der Waals surface area contributed by atoms with Crippen LogP contribution < -0.4 is 25.8 Å². The van der Waals surface area contributed by atoms with Gasteiger partial charge in [-0.1, -0.05) is 25.0 Å². The number of aldehydes is 1. The van der Waals surface area contributed by atoms with E-state index in [4.69, 9.17) is 15.1 Å². The van der Waals surface area contributed by atoms with Gasteiger partial charge in [-0.15, -0.1) is 0 Å². The number of pyridine rings is 1. The molecule has 2 unspecified atom stereocenters. The summed E-state index contributed by atoms with van der Waals surface area (Å²) in [5, 5.41) is 15.4. The lowest BCUT2D eigenvalue weighted by Gasteiger charge is -2.48. The van der Waals surface area contributed by atoms with Gasteiger partial charge in [-0.3, -0.25) is 9.48 Å². The van der Waals surface area contributed by atoms with Crippen LogP contribution in [0.3, 0.4) is 0 Å².